The van der Waals surface area contributed by atoms with E-state index >= 15 is 0 Å². The average Bonchev–Trinajstić information content (AvgIpc) is 2.75. The first-order chi connectivity index (χ1) is 9.10. The van der Waals surface area contributed by atoms with Crippen molar-refractivity contribution in [1.29, 1.82) is 0 Å². The minimum atomic E-state index is -0.156. The summed E-state index contributed by atoms with van der Waals surface area (Å²) in [5.74, 6) is 5.78. The topological polar surface area (TPSA) is 55.9 Å². The first kappa shape index (κ1) is 14.1. The average molecular weight is 279 g/mol. The fraction of sp³-hybridized carbons (Fsp3) is 0.357. The van der Waals surface area contributed by atoms with Gasteiger partial charge < -0.3 is 0 Å². The predicted molar refractivity (Wildman–Crippen MR) is 78.0 cm³/mol. The second kappa shape index (κ2) is 5.74. The van der Waals surface area contributed by atoms with Crippen molar-refractivity contribution in [3.63, 3.8) is 0 Å². The van der Waals surface area contributed by atoms with Gasteiger partial charge in [0.05, 0.1) is 23.0 Å². The van der Waals surface area contributed by atoms with Gasteiger partial charge in [0, 0.05) is 6.54 Å². The van der Waals surface area contributed by atoms with Crippen LogP contribution in [0.2, 0.25) is 5.02 Å². The van der Waals surface area contributed by atoms with Crippen LogP contribution in [0.1, 0.15) is 35.3 Å². The van der Waals surface area contributed by atoms with Crippen molar-refractivity contribution in [3.8, 4) is 0 Å². The van der Waals surface area contributed by atoms with E-state index < -0.39 is 0 Å². The van der Waals surface area contributed by atoms with Crippen LogP contribution in [0.25, 0.3) is 0 Å². The lowest BCUT2D eigenvalue weighted by Crippen LogP contribution is -2.32. The van der Waals surface area contributed by atoms with Crippen LogP contribution in [-0.2, 0) is 6.54 Å². The Labute approximate surface area is 118 Å². The highest BCUT2D eigenvalue weighted by Crippen LogP contribution is 2.31. The molecule has 0 saturated heterocycles. The molecule has 2 rings (SSSR count). The van der Waals surface area contributed by atoms with Crippen molar-refractivity contribution in [3.05, 3.63) is 51.8 Å². The molecule has 0 aliphatic heterocycles. The van der Waals surface area contributed by atoms with Gasteiger partial charge in [-0.05, 0) is 37.5 Å². The fourth-order valence-electron chi connectivity index (χ4n) is 2.49. The third kappa shape index (κ3) is 2.52. The SMILES string of the molecule is CCn1ncc(Cl)c1C(NN)c1c(C)cccc1C. The minimum Gasteiger partial charge on any atom is -0.271 e. The van der Waals surface area contributed by atoms with Gasteiger partial charge in [0.1, 0.15) is 0 Å². The number of hydrogen-bond acceptors (Lipinski definition) is 3. The Balaban J connectivity index is 2.59. The quantitative estimate of drug-likeness (QED) is 0.668. The van der Waals surface area contributed by atoms with E-state index in [-0.39, 0.29) is 6.04 Å². The number of halogens is 1. The second-order valence-electron chi connectivity index (χ2n) is 4.60. The molecule has 1 aromatic carbocycles. The molecule has 0 aliphatic rings. The number of hydrogen-bond donors (Lipinski definition) is 2. The lowest BCUT2D eigenvalue weighted by molar-refractivity contribution is 0.540. The summed E-state index contributed by atoms with van der Waals surface area (Å²) in [7, 11) is 0. The van der Waals surface area contributed by atoms with Crippen molar-refractivity contribution in [1.82, 2.24) is 15.2 Å². The highest BCUT2D eigenvalue weighted by molar-refractivity contribution is 6.31. The summed E-state index contributed by atoms with van der Waals surface area (Å²) in [6.45, 7) is 6.94. The number of rotatable bonds is 4. The van der Waals surface area contributed by atoms with Crippen molar-refractivity contribution in [2.24, 2.45) is 5.84 Å². The molecule has 0 bridgehead atoms. The Hall–Kier alpha value is -1.36. The summed E-state index contributed by atoms with van der Waals surface area (Å²) in [5.41, 5.74) is 7.30. The monoisotopic (exact) mass is 278 g/mol. The van der Waals surface area contributed by atoms with Crippen LogP contribution in [0.5, 0.6) is 0 Å². The molecular formula is C14H19ClN4. The zero-order valence-corrected chi connectivity index (χ0v) is 12.2. The molecule has 102 valence electrons. The van der Waals surface area contributed by atoms with Crippen LogP contribution >= 0.6 is 11.6 Å². The molecule has 1 aromatic heterocycles. The minimum absolute atomic E-state index is 0.156. The van der Waals surface area contributed by atoms with Crippen molar-refractivity contribution < 1.29 is 0 Å². The molecule has 0 spiro atoms. The molecular weight excluding hydrogens is 260 g/mol. The standard InChI is InChI=1S/C14H19ClN4/c1-4-19-14(11(15)8-17-19)13(18-16)12-9(2)6-5-7-10(12)3/h5-8,13,18H,4,16H2,1-3H3. The first-order valence-electron chi connectivity index (χ1n) is 6.33. The Morgan fingerprint density at radius 3 is 2.53 bits per heavy atom. The van der Waals surface area contributed by atoms with Gasteiger partial charge in [0.15, 0.2) is 0 Å². The molecule has 19 heavy (non-hydrogen) atoms. The summed E-state index contributed by atoms with van der Waals surface area (Å²) in [5, 5.41) is 4.91. The van der Waals surface area contributed by atoms with E-state index in [2.05, 4.69) is 36.5 Å². The molecule has 0 fully saturated rings. The molecule has 0 aliphatic carbocycles. The van der Waals surface area contributed by atoms with E-state index in [1.807, 2.05) is 17.7 Å². The first-order valence-corrected chi connectivity index (χ1v) is 6.71. The Morgan fingerprint density at radius 1 is 1.37 bits per heavy atom. The molecule has 1 atom stereocenters. The van der Waals surface area contributed by atoms with Gasteiger partial charge in [0.2, 0.25) is 0 Å². The highest BCUT2D eigenvalue weighted by atomic mass is 35.5. The van der Waals surface area contributed by atoms with E-state index in [4.69, 9.17) is 17.4 Å². The van der Waals surface area contributed by atoms with E-state index in [9.17, 15) is 0 Å². The Bertz CT molecular complexity index is 557. The van der Waals surface area contributed by atoms with Crippen LogP contribution in [0, 0.1) is 13.8 Å². The van der Waals surface area contributed by atoms with Gasteiger partial charge in [-0.2, -0.15) is 5.10 Å². The summed E-state index contributed by atoms with van der Waals surface area (Å²) in [6, 6.07) is 6.04. The fourth-order valence-corrected chi connectivity index (χ4v) is 2.74. The highest BCUT2D eigenvalue weighted by Gasteiger charge is 2.23. The molecule has 0 saturated carbocycles. The summed E-state index contributed by atoms with van der Waals surface area (Å²) < 4.78 is 1.87. The van der Waals surface area contributed by atoms with Crippen LogP contribution in [0.3, 0.4) is 0 Å². The van der Waals surface area contributed by atoms with E-state index in [0.717, 1.165) is 17.8 Å². The second-order valence-corrected chi connectivity index (χ2v) is 5.01. The predicted octanol–water partition coefficient (Wildman–Crippen LogP) is 2.73. The van der Waals surface area contributed by atoms with Crippen molar-refractivity contribution in [2.75, 3.05) is 0 Å². The molecule has 0 radical (unpaired) electrons. The van der Waals surface area contributed by atoms with Crippen molar-refractivity contribution >= 4 is 11.6 Å². The summed E-state index contributed by atoms with van der Waals surface area (Å²) in [6.07, 6.45) is 1.67. The van der Waals surface area contributed by atoms with Gasteiger partial charge in [-0.15, -0.1) is 0 Å². The van der Waals surface area contributed by atoms with Gasteiger partial charge >= 0.3 is 0 Å². The number of hydrazine groups is 1. The third-order valence-corrected chi connectivity index (χ3v) is 3.69. The maximum Gasteiger partial charge on any atom is 0.0898 e. The maximum atomic E-state index is 6.27. The van der Waals surface area contributed by atoms with E-state index in [0.29, 0.717) is 5.02 Å². The number of nitrogens with one attached hydrogen (secondary N) is 1. The largest absolute Gasteiger partial charge is 0.271 e. The number of aryl methyl sites for hydroxylation is 3. The van der Waals surface area contributed by atoms with E-state index in [1.54, 1.807) is 6.20 Å². The van der Waals surface area contributed by atoms with Crippen LogP contribution in [0.4, 0.5) is 0 Å². The molecule has 1 unspecified atom stereocenters. The normalized spacial score (nSPS) is 12.7. The number of nitrogens with zero attached hydrogens (tertiary/aromatic N) is 2. The van der Waals surface area contributed by atoms with Gasteiger partial charge in [0.25, 0.3) is 0 Å². The van der Waals surface area contributed by atoms with Crippen molar-refractivity contribution in [2.45, 2.75) is 33.4 Å². The zero-order chi connectivity index (χ0) is 14.0. The Kier molecular flexibility index (Phi) is 4.24. The smallest absolute Gasteiger partial charge is 0.0898 e. The van der Waals surface area contributed by atoms with Gasteiger partial charge in [-0.1, -0.05) is 29.8 Å². The molecule has 0 amide bonds. The lowest BCUT2D eigenvalue weighted by Gasteiger charge is -2.22. The van der Waals surface area contributed by atoms with Gasteiger partial charge in [-0.3, -0.25) is 10.5 Å². The maximum absolute atomic E-state index is 6.27. The zero-order valence-electron chi connectivity index (χ0n) is 11.4. The number of aromatic nitrogens is 2. The summed E-state index contributed by atoms with van der Waals surface area (Å²) >= 11 is 6.27. The van der Waals surface area contributed by atoms with Crippen LogP contribution in [0.15, 0.2) is 24.4 Å². The molecule has 1 heterocycles. The molecule has 5 heteroatoms. The molecule has 4 nitrogen and oxygen atoms in total. The van der Waals surface area contributed by atoms with Crippen LogP contribution in [-0.4, -0.2) is 9.78 Å². The number of benzene rings is 1. The van der Waals surface area contributed by atoms with Crippen LogP contribution < -0.4 is 11.3 Å². The Morgan fingerprint density at radius 2 is 2.00 bits per heavy atom. The number of nitrogens with two attached hydrogens (primary N) is 1. The van der Waals surface area contributed by atoms with Gasteiger partial charge in [-0.25, -0.2) is 5.43 Å². The molecule has 2 aromatic rings. The summed E-state index contributed by atoms with van der Waals surface area (Å²) in [4.78, 5) is 0. The van der Waals surface area contributed by atoms with E-state index in [1.165, 1.54) is 11.1 Å². The lowest BCUT2D eigenvalue weighted by atomic mass is 9.94. The third-order valence-electron chi connectivity index (χ3n) is 3.40. The molecule has 3 N–H and O–H groups in total.